The number of hydrogen-bond donors (Lipinski definition) is 1. The van der Waals surface area contributed by atoms with Crippen LogP contribution in [0, 0.1) is 5.92 Å². The molecule has 1 aromatic carbocycles. The highest BCUT2D eigenvalue weighted by Gasteiger charge is 2.35. The average molecular weight is 259 g/mol. The first-order valence-corrected chi connectivity index (χ1v) is 7.26. The summed E-state index contributed by atoms with van der Waals surface area (Å²) in [5, 5.41) is 3.31. The number of ether oxygens (including phenoxy) is 1. The van der Waals surface area contributed by atoms with E-state index in [0.717, 1.165) is 19.0 Å². The van der Waals surface area contributed by atoms with Gasteiger partial charge in [-0.25, -0.2) is 0 Å². The number of carbonyl (C=O) groups excluding carboxylic acids is 1. The first-order valence-electron chi connectivity index (χ1n) is 7.26. The van der Waals surface area contributed by atoms with Gasteiger partial charge in [-0.2, -0.15) is 0 Å². The van der Waals surface area contributed by atoms with Gasteiger partial charge in [-0.1, -0.05) is 24.3 Å². The van der Waals surface area contributed by atoms with Gasteiger partial charge in [0.05, 0.1) is 12.5 Å². The van der Waals surface area contributed by atoms with E-state index in [0.29, 0.717) is 6.61 Å². The smallest absolute Gasteiger partial charge is 0.310 e. The van der Waals surface area contributed by atoms with Crippen molar-refractivity contribution in [2.75, 3.05) is 19.7 Å². The van der Waals surface area contributed by atoms with E-state index in [1.165, 1.54) is 24.0 Å². The van der Waals surface area contributed by atoms with Crippen LogP contribution in [0.1, 0.15) is 42.7 Å². The number of nitrogens with one attached hydrogen (secondary N) is 1. The Balaban J connectivity index is 1.74. The minimum atomic E-state index is -0.0660. The summed E-state index contributed by atoms with van der Waals surface area (Å²) in [6.07, 6.45) is 2.66. The monoisotopic (exact) mass is 259 g/mol. The van der Waals surface area contributed by atoms with E-state index in [4.69, 9.17) is 4.74 Å². The fraction of sp³-hybridized carbons (Fsp3) is 0.562. The lowest BCUT2D eigenvalue weighted by Gasteiger charge is -2.17. The van der Waals surface area contributed by atoms with E-state index in [2.05, 4.69) is 29.6 Å². The number of carbonyl (C=O) groups is 1. The molecule has 2 fully saturated rings. The molecule has 1 aliphatic heterocycles. The molecule has 1 aliphatic carbocycles. The van der Waals surface area contributed by atoms with Crippen LogP contribution >= 0.6 is 0 Å². The van der Waals surface area contributed by atoms with Crippen LogP contribution in [-0.4, -0.2) is 25.7 Å². The number of hydrogen-bond acceptors (Lipinski definition) is 3. The van der Waals surface area contributed by atoms with Gasteiger partial charge >= 0.3 is 5.97 Å². The van der Waals surface area contributed by atoms with Gasteiger partial charge in [0.1, 0.15) is 0 Å². The molecule has 1 saturated heterocycles. The van der Waals surface area contributed by atoms with Gasteiger partial charge in [0, 0.05) is 19.0 Å². The van der Waals surface area contributed by atoms with Crippen LogP contribution in [-0.2, 0) is 9.53 Å². The molecule has 102 valence electrons. The van der Waals surface area contributed by atoms with Crippen molar-refractivity contribution in [3.8, 4) is 0 Å². The summed E-state index contributed by atoms with van der Waals surface area (Å²) in [6, 6.07) is 8.84. The third-order valence-electron chi connectivity index (χ3n) is 4.22. The molecule has 1 saturated carbocycles. The number of rotatable bonds is 4. The Labute approximate surface area is 114 Å². The molecule has 1 heterocycles. The predicted octanol–water partition coefficient (Wildman–Crippen LogP) is 2.43. The molecule has 1 aromatic rings. The second-order valence-corrected chi connectivity index (χ2v) is 5.56. The van der Waals surface area contributed by atoms with E-state index in [9.17, 15) is 4.79 Å². The van der Waals surface area contributed by atoms with Crippen LogP contribution < -0.4 is 5.32 Å². The maximum absolute atomic E-state index is 12.0. The lowest BCUT2D eigenvalue weighted by molar-refractivity contribution is -0.147. The zero-order chi connectivity index (χ0) is 13.2. The van der Waals surface area contributed by atoms with Crippen LogP contribution in [0.5, 0.6) is 0 Å². The number of esters is 1. The summed E-state index contributed by atoms with van der Waals surface area (Å²) in [7, 11) is 0. The lowest BCUT2D eigenvalue weighted by Crippen LogP contribution is -2.24. The van der Waals surface area contributed by atoms with Gasteiger partial charge in [-0.3, -0.25) is 4.79 Å². The van der Waals surface area contributed by atoms with Crippen molar-refractivity contribution < 1.29 is 9.53 Å². The Morgan fingerprint density at radius 2 is 1.89 bits per heavy atom. The maximum atomic E-state index is 12.0. The largest absolute Gasteiger partial charge is 0.466 e. The van der Waals surface area contributed by atoms with Crippen molar-refractivity contribution in [1.29, 1.82) is 0 Å². The number of benzene rings is 1. The van der Waals surface area contributed by atoms with Crippen molar-refractivity contribution in [3.05, 3.63) is 35.4 Å². The molecule has 2 atom stereocenters. The molecule has 0 radical (unpaired) electrons. The summed E-state index contributed by atoms with van der Waals surface area (Å²) >= 11 is 0. The SMILES string of the molecule is CCOC(=O)[C@@H]1CNC[C@H]1c1ccc(C2CC2)cc1. The Morgan fingerprint density at radius 3 is 2.53 bits per heavy atom. The van der Waals surface area contributed by atoms with Gasteiger partial charge in [0.25, 0.3) is 0 Å². The average Bonchev–Trinajstić information content (AvgIpc) is 3.16. The highest BCUT2D eigenvalue weighted by molar-refractivity contribution is 5.74. The van der Waals surface area contributed by atoms with Crippen LogP contribution in [0.15, 0.2) is 24.3 Å². The first-order chi connectivity index (χ1) is 9.29. The van der Waals surface area contributed by atoms with Gasteiger partial charge in [-0.05, 0) is 36.8 Å². The van der Waals surface area contributed by atoms with E-state index >= 15 is 0 Å². The minimum absolute atomic E-state index is 0.0354. The van der Waals surface area contributed by atoms with Gasteiger partial charge in [0.15, 0.2) is 0 Å². The summed E-state index contributed by atoms with van der Waals surface area (Å²) in [4.78, 5) is 12.0. The second-order valence-electron chi connectivity index (χ2n) is 5.56. The van der Waals surface area contributed by atoms with Crippen molar-refractivity contribution >= 4 is 5.97 Å². The highest BCUT2D eigenvalue weighted by Crippen LogP contribution is 2.40. The van der Waals surface area contributed by atoms with Crippen LogP contribution in [0.25, 0.3) is 0 Å². The normalized spacial score (nSPS) is 26.4. The molecule has 3 heteroatoms. The Morgan fingerprint density at radius 1 is 1.21 bits per heavy atom. The first kappa shape index (κ1) is 12.7. The minimum Gasteiger partial charge on any atom is -0.466 e. The zero-order valence-electron chi connectivity index (χ0n) is 11.4. The summed E-state index contributed by atoms with van der Waals surface area (Å²) in [6.45, 7) is 3.92. The molecule has 19 heavy (non-hydrogen) atoms. The predicted molar refractivity (Wildman–Crippen MR) is 74.2 cm³/mol. The lowest BCUT2D eigenvalue weighted by atomic mass is 9.88. The van der Waals surface area contributed by atoms with Crippen LogP contribution in [0.2, 0.25) is 0 Å². The molecule has 0 aromatic heterocycles. The maximum Gasteiger partial charge on any atom is 0.310 e. The quantitative estimate of drug-likeness (QED) is 0.844. The molecule has 1 N–H and O–H groups in total. The summed E-state index contributed by atoms with van der Waals surface area (Å²) in [5.41, 5.74) is 2.70. The zero-order valence-corrected chi connectivity index (χ0v) is 11.4. The van der Waals surface area contributed by atoms with Gasteiger partial charge < -0.3 is 10.1 Å². The van der Waals surface area contributed by atoms with Crippen LogP contribution in [0.3, 0.4) is 0 Å². The molecule has 0 spiro atoms. The Kier molecular flexibility index (Phi) is 3.56. The van der Waals surface area contributed by atoms with Crippen molar-refractivity contribution in [2.45, 2.75) is 31.6 Å². The topological polar surface area (TPSA) is 38.3 Å². The van der Waals surface area contributed by atoms with Crippen molar-refractivity contribution in [1.82, 2.24) is 5.32 Å². The van der Waals surface area contributed by atoms with Gasteiger partial charge in [-0.15, -0.1) is 0 Å². The Hall–Kier alpha value is -1.35. The van der Waals surface area contributed by atoms with Gasteiger partial charge in [0.2, 0.25) is 0 Å². The summed E-state index contributed by atoms with van der Waals surface area (Å²) in [5.74, 6) is 0.944. The Bertz CT molecular complexity index is 450. The molecular weight excluding hydrogens is 238 g/mol. The molecular formula is C16H21NO2. The standard InChI is InChI=1S/C16H21NO2/c1-2-19-16(18)15-10-17-9-14(15)13-7-5-12(6-8-13)11-3-4-11/h5-8,11,14-15,17H,2-4,9-10H2,1H3/t14-,15+/m0/s1. The summed E-state index contributed by atoms with van der Waals surface area (Å²) < 4.78 is 5.17. The van der Waals surface area contributed by atoms with E-state index in [1.54, 1.807) is 0 Å². The van der Waals surface area contributed by atoms with E-state index < -0.39 is 0 Å². The van der Waals surface area contributed by atoms with Crippen molar-refractivity contribution in [3.63, 3.8) is 0 Å². The fourth-order valence-corrected chi connectivity index (χ4v) is 2.96. The molecule has 3 nitrogen and oxygen atoms in total. The van der Waals surface area contributed by atoms with E-state index in [1.807, 2.05) is 6.92 Å². The van der Waals surface area contributed by atoms with E-state index in [-0.39, 0.29) is 17.8 Å². The molecule has 3 rings (SSSR count). The third kappa shape index (κ3) is 2.66. The fourth-order valence-electron chi connectivity index (χ4n) is 2.96. The van der Waals surface area contributed by atoms with Crippen LogP contribution in [0.4, 0.5) is 0 Å². The molecule has 0 bridgehead atoms. The molecule has 0 unspecified atom stereocenters. The van der Waals surface area contributed by atoms with Crippen molar-refractivity contribution in [2.24, 2.45) is 5.92 Å². The third-order valence-corrected chi connectivity index (χ3v) is 4.22. The highest BCUT2D eigenvalue weighted by atomic mass is 16.5. The molecule has 2 aliphatic rings. The second kappa shape index (κ2) is 5.33. The molecule has 0 amide bonds.